The molecule has 0 radical (unpaired) electrons. The average molecular weight is 349 g/mol. The highest BCUT2D eigenvalue weighted by Crippen LogP contribution is 2.41. The Morgan fingerprint density at radius 2 is 2.26 bits per heavy atom. The summed E-state index contributed by atoms with van der Waals surface area (Å²) < 4.78 is 12.1. The van der Waals surface area contributed by atoms with Crippen LogP contribution in [0.5, 0.6) is 5.75 Å². The lowest BCUT2D eigenvalue weighted by Gasteiger charge is -2.27. The summed E-state index contributed by atoms with van der Waals surface area (Å²) in [6.07, 6.45) is 1.28. The van der Waals surface area contributed by atoms with Crippen molar-refractivity contribution in [3.63, 3.8) is 0 Å². The zero-order chi connectivity index (χ0) is 14.0. The summed E-state index contributed by atoms with van der Waals surface area (Å²) >= 11 is 9.69. The van der Waals surface area contributed by atoms with Crippen LogP contribution >= 0.6 is 27.5 Å². The van der Waals surface area contributed by atoms with Crippen LogP contribution in [0.25, 0.3) is 0 Å². The van der Waals surface area contributed by atoms with Gasteiger partial charge in [0.2, 0.25) is 0 Å². The standard InChI is InChI=1S/C14H19BrClNO2/c1-8-10(4-5-19-8)13(17-2)11-6-9(16)7-12(15)14(11)18-3/h6-8,10,13,17H,4-5H2,1-3H3. The molecule has 0 aromatic heterocycles. The Morgan fingerprint density at radius 1 is 1.53 bits per heavy atom. The van der Waals surface area contributed by atoms with Gasteiger partial charge in [-0.05, 0) is 48.5 Å². The molecule has 1 heterocycles. The highest BCUT2D eigenvalue weighted by molar-refractivity contribution is 9.10. The van der Waals surface area contributed by atoms with Crippen molar-refractivity contribution in [1.29, 1.82) is 0 Å². The first kappa shape index (κ1) is 15.1. The van der Waals surface area contributed by atoms with Crippen LogP contribution in [0, 0.1) is 5.92 Å². The second kappa shape index (κ2) is 6.44. The van der Waals surface area contributed by atoms with Crippen LogP contribution in [0.3, 0.4) is 0 Å². The van der Waals surface area contributed by atoms with Gasteiger partial charge in [0.1, 0.15) is 5.75 Å². The molecular formula is C14H19BrClNO2. The predicted molar refractivity (Wildman–Crippen MR) is 81.0 cm³/mol. The Labute approximate surface area is 127 Å². The predicted octanol–water partition coefficient (Wildman–Crippen LogP) is 3.80. The summed E-state index contributed by atoms with van der Waals surface area (Å²) in [7, 11) is 3.64. The molecule has 19 heavy (non-hydrogen) atoms. The molecule has 1 aliphatic rings. The van der Waals surface area contributed by atoms with Gasteiger partial charge in [0, 0.05) is 29.2 Å². The molecule has 0 saturated carbocycles. The van der Waals surface area contributed by atoms with Crippen molar-refractivity contribution in [1.82, 2.24) is 5.32 Å². The number of methoxy groups -OCH3 is 1. The van der Waals surface area contributed by atoms with E-state index in [2.05, 4.69) is 28.2 Å². The van der Waals surface area contributed by atoms with Crippen molar-refractivity contribution in [2.45, 2.75) is 25.5 Å². The Balaban J connectivity index is 2.42. The molecule has 0 bridgehead atoms. The third kappa shape index (κ3) is 3.07. The van der Waals surface area contributed by atoms with Crippen molar-refractivity contribution in [2.75, 3.05) is 20.8 Å². The molecule has 1 saturated heterocycles. The number of rotatable bonds is 4. The number of nitrogens with one attached hydrogen (secondary N) is 1. The molecule has 1 N–H and O–H groups in total. The van der Waals surface area contributed by atoms with Crippen LogP contribution in [0.2, 0.25) is 5.02 Å². The molecule has 1 aromatic carbocycles. The maximum absolute atomic E-state index is 6.18. The van der Waals surface area contributed by atoms with Crippen molar-refractivity contribution >= 4 is 27.5 Å². The van der Waals surface area contributed by atoms with Gasteiger partial charge in [-0.25, -0.2) is 0 Å². The monoisotopic (exact) mass is 347 g/mol. The van der Waals surface area contributed by atoms with E-state index in [4.69, 9.17) is 21.1 Å². The lowest BCUT2D eigenvalue weighted by molar-refractivity contribution is 0.0960. The van der Waals surface area contributed by atoms with Crippen molar-refractivity contribution in [3.8, 4) is 5.75 Å². The molecule has 106 valence electrons. The van der Waals surface area contributed by atoms with E-state index >= 15 is 0 Å². The van der Waals surface area contributed by atoms with E-state index in [0.29, 0.717) is 10.9 Å². The Morgan fingerprint density at radius 3 is 2.79 bits per heavy atom. The van der Waals surface area contributed by atoms with Crippen LogP contribution < -0.4 is 10.1 Å². The number of halogens is 2. The molecule has 0 spiro atoms. The van der Waals surface area contributed by atoms with Crippen LogP contribution in [-0.4, -0.2) is 26.9 Å². The molecule has 1 fully saturated rings. The minimum Gasteiger partial charge on any atom is -0.495 e. The quantitative estimate of drug-likeness (QED) is 0.898. The molecule has 3 nitrogen and oxygen atoms in total. The molecule has 3 unspecified atom stereocenters. The van der Waals surface area contributed by atoms with Crippen molar-refractivity contribution in [2.24, 2.45) is 5.92 Å². The lowest BCUT2D eigenvalue weighted by Crippen LogP contribution is -2.29. The van der Waals surface area contributed by atoms with Gasteiger partial charge in [0.25, 0.3) is 0 Å². The zero-order valence-corrected chi connectivity index (χ0v) is 13.7. The third-order valence-corrected chi connectivity index (χ3v) is 4.56. The Hall–Kier alpha value is -0.290. The van der Waals surface area contributed by atoms with Gasteiger partial charge in [0.15, 0.2) is 0 Å². The third-order valence-electron chi connectivity index (χ3n) is 3.75. The van der Waals surface area contributed by atoms with Gasteiger partial charge in [-0.3, -0.25) is 0 Å². The fraction of sp³-hybridized carbons (Fsp3) is 0.571. The van der Waals surface area contributed by atoms with Gasteiger partial charge >= 0.3 is 0 Å². The second-order valence-corrected chi connectivity index (χ2v) is 6.10. The van der Waals surface area contributed by atoms with E-state index in [0.717, 1.165) is 28.8 Å². The zero-order valence-electron chi connectivity index (χ0n) is 11.4. The fourth-order valence-corrected chi connectivity index (χ4v) is 3.81. The molecular weight excluding hydrogens is 330 g/mol. The number of ether oxygens (including phenoxy) is 2. The smallest absolute Gasteiger partial charge is 0.137 e. The van der Waals surface area contributed by atoms with Crippen LogP contribution in [0.15, 0.2) is 16.6 Å². The Kier molecular flexibility index (Phi) is 5.12. The maximum atomic E-state index is 6.18. The van der Waals surface area contributed by atoms with Gasteiger partial charge in [-0.2, -0.15) is 0 Å². The molecule has 0 aliphatic carbocycles. The largest absolute Gasteiger partial charge is 0.495 e. The van der Waals surface area contributed by atoms with E-state index in [1.165, 1.54) is 0 Å². The van der Waals surface area contributed by atoms with E-state index in [1.54, 1.807) is 7.11 Å². The van der Waals surface area contributed by atoms with Gasteiger partial charge in [0.05, 0.1) is 17.7 Å². The van der Waals surface area contributed by atoms with E-state index in [9.17, 15) is 0 Å². The minimum atomic E-state index is 0.169. The summed E-state index contributed by atoms with van der Waals surface area (Å²) in [4.78, 5) is 0. The summed E-state index contributed by atoms with van der Waals surface area (Å²) in [5.74, 6) is 1.26. The summed E-state index contributed by atoms with van der Waals surface area (Å²) in [6.45, 7) is 2.93. The molecule has 1 aromatic rings. The van der Waals surface area contributed by atoms with Crippen molar-refractivity contribution < 1.29 is 9.47 Å². The minimum absolute atomic E-state index is 0.169. The number of hydrogen-bond donors (Lipinski definition) is 1. The average Bonchev–Trinajstić information content (AvgIpc) is 2.76. The van der Waals surface area contributed by atoms with E-state index < -0.39 is 0 Å². The number of benzene rings is 1. The summed E-state index contributed by atoms with van der Waals surface area (Å²) in [6, 6.07) is 3.99. The SMILES string of the molecule is CNC(c1cc(Cl)cc(Br)c1OC)C1CCOC1C. The summed E-state index contributed by atoms with van der Waals surface area (Å²) in [5.41, 5.74) is 1.08. The Bertz CT molecular complexity index is 455. The second-order valence-electron chi connectivity index (χ2n) is 4.80. The van der Waals surface area contributed by atoms with Crippen LogP contribution in [0.1, 0.15) is 24.9 Å². The fourth-order valence-electron chi connectivity index (χ4n) is 2.81. The molecule has 0 amide bonds. The first-order valence-electron chi connectivity index (χ1n) is 6.40. The normalized spacial score (nSPS) is 24.5. The highest BCUT2D eigenvalue weighted by atomic mass is 79.9. The van der Waals surface area contributed by atoms with Crippen LogP contribution in [0.4, 0.5) is 0 Å². The summed E-state index contributed by atoms with van der Waals surface area (Å²) in [5, 5.41) is 4.08. The van der Waals surface area contributed by atoms with Crippen molar-refractivity contribution in [3.05, 3.63) is 27.2 Å². The first-order valence-corrected chi connectivity index (χ1v) is 7.57. The van der Waals surface area contributed by atoms with Gasteiger partial charge in [-0.15, -0.1) is 0 Å². The van der Waals surface area contributed by atoms with E-state index in [1.807, 2.05) is 19.2 Å². The first-order chi connectivity index (χ1) is 9.08. The maximum Gasteiger partial charge on any atom is 0.137 e. The van der Waals surface area contributed by atoms with Gasteiger partial charge in [-0.1, -0.05) is 11.6 Å². The van der Waals surface area contributed by atoms with E-state index in [-0.39, 0.29) is 12.1 Å². The van der Waals surface area contributed by atoms with Crippen LogP contribution in [-0.2, 0) is 4.74 Å². The molecule has 1 aliphatic heterocycles. The topological polar surface area (TPSA) is 30.5 Å². The lowest BCUT2D eigenvalue weighted by atomic mass is 9.88. The van der Waals surface area contributed by atoms with Gasteiger partial charge < -0.3 is 14.8 Å². The molecule has 2 rings (SSSR count). The molecule has 3 atom stereocenters. The highest BCUT2D eigenvalue weighted by Gasteiger charge is 2.34. The number of hydrogen-bond acceptors (Lipinski definition) is 3. The molecule has 5 heteroatoms.